The van der Waals surface area contributed by atoms with Gasteiger partial charge in [0.1, 0.15) is 23.9 Å². The highest BCUT2D eigenvalue weighted by atomic mass is 79.9. The summed E-state index contributed by atoms with van der Waals surface area (Å²) in [6, 6.07) is 57.9. The number of esters is 2. The number of carbonyl (C=O) groups excluding carboxylic acids is 9. The van der Waals surface area contributed by atoms with Gasteiger partial charge in [0, 0.05) is 100 Å². The molecule has 6 aromatic carbocycles. The Balaban J connectivity index is 0.000000261. The lowest BCUT2D eigenvalue weighted by Crippen LogP contribution is -2.37. The SMILES string of the molecule is CC(=O)c1cc(-c2ccccc2)n(CCCN2CCOCC2)c1O.CCOC(=O)C(CC(=O)c1ccccc1)C(C)=O.CCOC(=O)CC(C)=O.CCOc1[nH]c(-c2ccccc2)cc1C(C)=O.CCOc1c(C(C)=O)cc(-c2ccccc2)n1CCCN1CCOCC1.ClCCCN1CCOCC1.Nc1cccc(C(F)(F)F)c1.O=C(CBr)c1ccccc1. The molecular formula is C96H120BrClF3N7O17. The van der Waals surface area contributed by atoms with E-state index < -0.39 is 29.6 Å². The van der Waals surface area contributed by atoms with E-state index in [1.54, 1.807) is 64.1 Å². The van der Waals surface area contributed by atoms with E-state index >= 15 is 0 Å². The summed E-state index contributed by atoms with van der Waals surface area (Å²) in [6.45, 7) is 31.8. The second kappa shape index (κ2) is 58.5. The summed E-state index contributed by atoms with van der Waals surface area (Å²) in [5.41, 5.74) is 13.5. The van der Waals surface area contributed by atoms with E-state index in [0.717, 1.165) is 182 Å². The summed E-state index contributed by atoms with van der Waals surface area (Å²) in [4.78, 5) is 112. The topological polar surface area (TPSA) is 300 Å². The third kappa shape index (κ3) is 38.4. The molecule has 9 aromatic rings. The van der Waals surface area contributed by atoms with Crippen LogP contribution in [0.25, 0.3) is 33.8 Å². The lowest BCUT2D eigenvalue weighted by molar-refractivity contribution is -0.151. The zero-order valence-electron chi connectivity index (χ0n) is 73.0. The number of benzene rings is 6. The lowest BCUT2D eigenvalue weighted by Gasteiger charge is -2.26. The highest BCUT2D eigenvalue weighted by Gasteiger charge is 2.31. The van der Waals surface area contributed by atoms with Crippen LogP contribution < -0.4 is 15.2 Å². The first kappa shape index (κ1) is 105. The van der Waals surface area contributed by atoms with E-state index in [1.165, 1.54) is 32.9 Å². The minimum Gasteiger partial charge on any atom is -0.494 e. The molecule has 3 fully saturated rings. The van der Waals surface area contributed by atoms with Gasteiger partial charge in [-0.25, -0.2) is 0 Å². The number of hydrogen-bond donors (Lipinski definition) is 3. The van der Waals surface area contributed by atoms with Gasteiger partial charge in [-0.05, 0) is 141 Å². The number of H-pyrrole nitrogens is 1. The van der Waals surface area contributed by atoms with Gasteiger partial charge in [-0.15, -0.1) is 11.6 Å². The average molecular weight is 1820 g/mol. The molecule has 29 heteroatoms. The van der Waals surface area contributed by atoms with Crippen molar-refractivity contribution in [3.05, 3.63) is 228 Å². The standard InChI is InChI=1S/C21H28N2O3.C19H24N2O3.C14H15NO2.C14H16O4.C8H7BrO.C7H14ClNO.C7H6F3N.C6H10O3/c1-3-26-21-19(17(2)24)16-20(18-8-5-4-6-9-18)23(21)11-7-10-22-12-14-25-15-13-22;1-15(22)17-14-18(16-6-3-2-4-7-16)21(19(17)23)9-5-8-20-10-12-24-13-11-20;1-3-17-14-12(10(2)16)9-13(15-14)11-7-5-4-6-8-11;1-3-18-14(17)12(10(2)15)9-13(16)11-7-5-4-6-8-11;9-6-8(10)7-4-2-1-3-5-7;8-2-1-3-9-4-6-10-7-5-9;8-7(9,10)5-2-1-3-6(11)4-5;1-3-9-6(8)4-5(2)7/h4-6,8-9,16H,3,7,10-15H2,1-2H3;2-4,6-7,14,23H,5,8-13H2,1H3;4-9,15H,3H2,1-2H3;4-8,12H,3,9H2,1-2H3;1-5H,6H2;1-7H2;1-4H,11H2;3-4H2,1-2H3. The van der Waals surface area contributed by atoms with Crippen molar-refractivity contribution < 1.29 is 94.6 Å². The van der Waals surface area contributed by atoms with Gasteiger partial charge in [0.05, 0.1) is 105 Å². The molecule has 12 rings (SSSR count). The number of ether oxygens (including phenoxy) is 7. The van der Waals surface area contributed by atoms with Crippen LogP contribution in [-0.2, 0) is 62.1 Å². The summed E-state index contributed by atoms with van der Waals surface area (Å²) in [5.74, 6) is -0.659. The van der Waals surface area contributed by atoms with Crippen molar-refractivity contribution >= 4 is 85.6 Å². The maximum Gasteiger partial charge on any atom is 0.416 e. The van der Waals surface area contributed by atoms with E-state index in [4.69, 9.17) is 45.8 Å². The maximum absolute atomic E-state index is 12.1. The number of hydrogen-bond acceptors (Lipinski definition) is 21. The van der Waals surface area contributed by atoms with E-state index in [9.17, 15) is 61.4 Å². The number of alkyl halides is 5. The molecule has 24 nitrogen and oxygen atoms in total. The van der Waals surface area contributed by atoms with Gasteiger partial charge in [0.15, 0.2) is 28.9 Å². The van der Waals surface area contributed by atoms with Crippen LogP contribution in [0, 0.1) is 5.92 Å². The number of nitrogen functional groups attached to an aromatic ring is 1. The van der Waals surface area contributed by atoms with Crippen LogP contribution in [0.2, 0.25) is 0 Å². The van der Waals surface area contributed by atoms with Gasteiger partial charge in [-0.3, -0.25) is 57.9 Å². The Morgan fingerprint density at radius 3 is 1.32 bits per heavy atom. The molecular weight excluding hydrogens is 1700 g/mol. The number of aromatic nitrogens is 3. The van der Waals surface area contributed by atoms with Gasteiger partial charge >= 0.3 is 18.1 Å². The fourth-order valence-corrected chi connectivity index (χ4v) is 13.2. The third-order valence-corrected chi connectivity index (χ3v) is 19.9. The molecule has 4 N–H and O–H groups in total. The van der Waals surface area contributed by atoms with E-state index in [2.05, 4.69) is 57.1 Å². The second-order valence-corrected chi connectivity index (χ2v) is 29.6. The number of nitrogens with zero attached hydrogens (tertiary/aromatic N) is 5. The summed E-state index contributed by atoms with van der Waals surface area (Å²) >= 11 is 8.66. The monoisotopic (exact) mass is 1810 g/mol. The second-order valence-electron chi connectivity index (χ2n) is 28.6. The number of rotatable bonds is 32. The molecule has 3 aliphatic rings. The summed E-state index contributed by atoms with van der Waals surface area (Å²) < 4.78 is 76.3. The number of aromatic hydroxyl groups is 1. The fraction of sp³-hybridized carbons (Fsp3) is 0.406. The number of aromatic amines is 1. The van der Waals surface area contributed by atoms with E-state index in [1.807, 2.05) is 140 Å². The van der Waals surface area contributed by atoms with Crippen LogP contribution in [0.15, 0.2) is 194 Å². The number of morpholine rings is 3. The van der Waals surface area contributed by atoms with Gasteiger partial charge < -0.3 is 58.1 Å². The minimum atomic E-state index is -4.30. The Morgan fingerprint density at radius 2 is 0.920 bits per heavy atom. The number of Topliss-reactive ketones (excluding diaryl/α,β-unsaturated/α-hetero) is 7. The molecule has 6 heterocycles. The van der Waals surface area contributed by atoms with Crippen LogP contribution in [0.4, 0.5) is 18.9 Å². The minimum absolute atomic E-state index is 0.00637. The molecule has 0 bridgehead atoms. The molecule has 0 aliphatic carbocycles. The zero-order chi connectivity index (χ0) is 91.5. The number of ketones is 7. The number of nitrogens with one attached hydrogen (secondary N) is 1. The first-order valence-corrected chi connectivity index (χ1v) is 43.5. The lowest BCUT2D eigenvalue weighted by atomic mass is 9.95. The number of carbonyl (C=O) groups is 9. The molecule has 0 amide bonds. The predicted octanol–water partition coefficient (Wildman–Crippen LogP) is 17.6. The fourth-order valence-electron chi connectivity index (χ4n) is 12.8. The van der Waals surface area contributed by atoms with Crippen molar-refractivity contribution in [3.8, 4) is 51.4 Å². The molecule has 0 radical (unpaired) electrons. The quantitative estimate of drug-likeness (QED) is 0.0116. The number of nitrogens with two attached hydrogens (primary N) is 1. The predicted molar refractivity (Wildman–Crippen MR) is 485 cm³/mol. The summed E-state index contributed by atoms with van der Waals surface area (Å²) in [5, 5.41) is 10.9. The molecule has 676 valence electrons. The molecule has 1 atom stereocenters. The normalized spacial score (nSPS) is 13.3. The van der Waals surface area contributed by atoms with Crippen LogP contribution >= 0.6 is 27.5 Å². The number of halogens is 5. The molecule has 0 saturated carbocycles. The van der Waals surface area contributed by atoms with Crippen molar-refractivity contribution in [1.29, 1.82) is 0 Å². The largest absolute Gasteiger partial charge is 0.494 e. The highest BCUT2D eigenvalue weighted by Crippen LogP contribution is 2.35. The Hall–Kier alpha value is -10.7. The Labute approximate surface area is 745 Å². The summed E-state index contributed by atoms with van der Waals surface area (Å²) in [6.07, 6.45) is -1.52. The zero-order valence-corrected chi connectivity index (χ0v) is 75.4. The maximum atomic E-state index is 12.1. The molecule has 3 aliphatic heterocycles. The van der Waals surface area contributed by atoms with Crippen LogP contribution in [0.5, 0.6) is 17.6 Å². The summed E-state index contributed by atoms with van der Waals surface area (Å²) in [7, 11) is 0. The smallest absolute Gasteiger partial charge is 0.416 e. The molecule has 0 spiro atoms. The first-order valence-electron chi connectivity index (χ1n) is 41.9. The van der Waals surface area contributed by atoms with Crippen LogP contribution in [0.3, 0.4) is 0 Å². The van der Waals surface area contributed by atoms with Crippen molar-refractivity contribution in [2.75, 3.05) is 142 Å². The first-order chi connectivity index (χ1) is 60.1. The average Bonchev–Trinajstić information content (AvgIpc) is 1.65. The highest BCUT2D eigenvalue weighted by molar-refractivity contribution is 9.09. The Kier molecular flexibility index (Phi) is 49.1. The van der Waals surface area contributed by atoms with Crippen LogP contribution in [-0.4, -0.2) is 223 Å². The number of anilines is 1. The molecule has 3 aromatic heterocycles. The Bertz CT molecular complexity index is 4710. The van der Waals surface area contributed by atoms with Crippen molar-refractivity contribution in [3.63, 3.8) is 0 Å². The van der Waals surface area contributed by atoms with E-state index in [-0.39, 0.29) is 71.5 Å². The van der Waals surface area contributed by atoms with E-state index in [0.29, 0.717) is 65.7 Å². The third-order valence-electron chi connectivity index (χ3n) is 19.1. The van der Waals surface area contributed by atoms with Gasteiger partial charge in [0.2, 0.25) is 17.6 Å². The molecule has 3 saturated heterocycles. The van der Waals surface area contributed by atoms with Crippen molar-refractivity contribution in [1.82, 2.24) is 28.8 Å². The van der Waals surface area contributed by atoms with Crippen LogP contribution in [0.1, 0.15) is 152 Å². The van der Waals surface area contributed by atoms with Crippen molar-refractivity contribution in [2.45, 2.75) is 114 Å². The van der Waals surface area contributed by atoms with Gasteiger partial charge in [0.25, 0.3) is 0 Å². The molecule has 1 unspecified atom stereocenters. The van der Waals surface area contributed by atoms with Gasteiger partial charge in [-0.1, -0.05) is 174 Å². The van der Waals surface area contributed by atoms with Crippen molar-refractivity contribution in [2.24, 2.45) is 5.92 Å². The van der Waals surface area contributed by atoms with Gasteiger partial charge in [-0.2, -0.15) is 13.2 Å². The molecule has 125 heavy (non-hydrogen) atoms. The Morgan fingerprint density at radius 1 is 0.496 bits per heavy atom.